The Kier molecular flexibility index (Phi) is 1.89. The van der Waals surface area contributed by atoms with Crippen molar-refractivity contribution in [2.75, 3.05) is 0 Å². The molecular weight excluding hydrogens is 207 g/mol. The molecule has 0 bridgehead atoms. The first-order valence-electron chi connectivity index (χ1n) is 3.74. The predicted octanol–water partition coefficient (Wildman–Crippen LogP) is 2.44. The average molecular weight is 212 g/mol. The summed E-state index contributed by atoms with van der Waals surface area (Å²) in [6, 6.07) is 3.79. The molecule has 0 spiro atoms. The maximum absolute atomic E-state index is 12.8. The summed E-state index contributed by atoms with van der Waals surface area (Å²) < 4.78 is 13.3. The molecule has 0 aliphatic carbocycles. The number of rotatable bonds is 1. The van der Waals surface area contributed by atoms with Crippen molar-refractivity contribution >= 4 is 27.4 Å². The number of halogens is 1. The summed E-state index contributed by atoms with van der Waals surface area (Å²) in [5, 5.41) is 18.4. The van der Waals surface area contributed by atoms with Crippen LogP contribution >= 0.6 is 11.3 Å². The van der Waals surface area contributed by atoms with Crippen LogP contribution in [0.25, 0.3) is 10.1 Å². The SMILES string of the molecule is O=C(O)c1sc2ccc(F)cc2c1O. The van der Waals surface area contributed by atoms with Crippen molar-refractivity contribution < 1.29 is 19.4 Å². The molecule has 0 aliphatic heterocycles. The lowest BCUT2D eigenvalue weighted by Crippen LogP contribution is -1.90. The third-order valence-corrected chi connectivity index (χ3v) is 2.97. The van der Waals surface area contributed by atoms with Crippen LogP contribution in [-0.2, 0) is 0 Å². The number of thiophene rings is 1. The molecule has 2 N–H and O–H groups in total. The first kappa shape index (κ1) is 8.96. The molecule has 0 fully saturated rings. The highest BCUT2D eigenvalue weighted by atomic mass is 32.1. The second kappa shape index (κ2) is 2.95. The minimum atomic E-state index is -1.20. The van der Waals surface area contributed by atoms with Gasteiger partial charge in [0.1, 0.15) is 11.6 Å². The topological polar surface area (TPSA) is 57.5 Å². The second-order valence-electron chi connectivity index (χ2n) is 2.73. The third kappa shape index (κ3) is 1.22. The number of carboxylic acids is 1. The van der Waals surface area contributed by atoms with Crippen LogP contribution in [0.2, 0.25) is 0 Å². The lowest BCUT2D eigenvalue weighted by molar-refractivity contribution is 0.0699. The van der Waals surface area contributed by atoms with Crippen molar-refractivity contribution in [2.45, 2.75) is 0 Å². The van der Waals surface area contributed by atoms with Gasteiger partial charge in [-0.1, -0.05) is 0 Å². The van der Waals surface area contributed by atoms with E-state index in [9.17, 15) is 14.3 Å². The summed E-state index contributed by atoms with van der Waals surface area (Å²) in [6.07, 6.45) is 0. The molecule has 0 aliphatic rings. The van der Waals surface area contributed by atoms with Crippen LogP contribution in [0.3, 0.4) is 0 Å². The van der Waals surface area contributed by atoms with Crippen molar-refractivity contribution in [3.63, 3.8) is 0 Å². The maximum atomic E-state index is 12.8. The molecule has 1 aromatic carbocycles. The van der Waals surface area contributed by atoms with Crippen LogP contribution in [0.4, 0.5) is 4.39 Å². The summed E-state index contributed by atoms with van der Waals surface area (Å²) in [4.78, 5) is 10.5. The molecule has 0 saturated carbocycles. The minimum Gasteiger partial charge on any atom is -0.505 e. The molecule has 0 radical (unpaired) electrons. The van der Waals surface area contributed by atoms with Crippen LogP contribution in [0.15, 0.2) is 18.2 Å². The molecule has 1 heterocycles. The van der Waals surface area contributed by atoms with Crippen LogP contribution in [0, 0.1) is 5.82 Å². The van der Waals surface area contributed by atoms with Gasteiger partial charge in [0.2, 0.25) is 0 Å². The van der Waals surface area contributed by atoms with Gasteiger partial charge in [0.05, 0.1) is 0 Å². The summed E-state index contributed by atoms with van der Waals surface area (Å²) in [5.74, 6) is -2.07. The molecule has 2 aromatic rings. The van der Waals surface area contributed by atoms with Crippen molar-refractivity contribution in [3.8, 4) is 5.75 Å². The third-order valence-electron chi connectivity index (χ3n) is 1.82. The Labute approximate surface area is 82.0 Å². The number of aromatic carboxylic acids is 1. The van der Waals surface area contributed by atoms with Crippen molar-refractivity contribution in [3.05, 3.63) is 28.9 Å². The predicted molar refractivity (Wildman–Crippen MR) is 50.4 cm³/mol. The highest BCUT2D eigenvalue weighted by Crippen LogP contribution is 2.36. The van der Waals surface area contributed by atoms with Crippen LogP contribution in [0.1, 0.15) is 9.67 Å². The largest absolute Gasteiger partial charge is 0.505 e. The van der Waals surface area contributed by atoms with Gasteiger partial charge in [-0.25, -0.2) is 9.18 Å². The molecule has 0 saturated heterocycles. The Balaban J connectivity index is 2.80. The highest BCUT2D eigenvalue weighted by Gasteiger charge is 2.16. The smallest absolute Gasteiger partial charge is 0.349 e. The van der Waals surface area contributed by atoms with Gasteiger partial charge in [-0.3, -0.25) is 0 Å². The zero-order valence-corrected chi connectivity index (χ0v) is 7.64. The Morgan fingerprint density at radius 2 is 2.14 bits per heavy atom. The quantitative estimate of drug-likeness (QED) is 0.763. The molecule has 2 rings (SSSR count). The average Bonchev–Trinajstić information content (AvgIpc) is 2.44. The van der Waals surface area contributed by atoms with Gasteiger partial charge in [0.25, 0.3) is 0 Å². The Hall–Kier alpha value is -1.62. The summed E-state index contributed by atoms with van der Waals surface area (Å²) in [7, 11) is 0. The van der Waals surface area contributed by atoms with E-state index in [0.29, 0.717) is 4.70 Å². The molecular formula is C9H5FO3S. The second-order valence-corrected chi connectivity index (χ2v) is 3.78. The first-order valence-corrected chi connectivity index (χ1v) is 4.55. The van der Waals surface area contributed by atoms with Crippen molar-refractivity contribution in [1.82, 2.24) is 0 Å². The van der Waals surface area contributed by atoms with E-state index in [4.69, 9.17) is 5.11 Å². The van der Waals surface area contributed by atoms with Crippen molar-refractivity contribution in [2.24, 2.45) is 0 Å². The molecule has 72 valence electrons. The lowest BCUT2D eigenvalue weighted by Gasteiger charge is -1.91. The number of benzene rings is 1. The van der Waals surface area contributed by atoms with Gasteiger partial charge in [-0.05, 0) is 18.2 Å². The standard InChI is InChI=1S/C9H5FO3S/c10-4-1-2-6-5(3-4)7(11)8(14-6)9(12)13/h1-3,11H,(H,12,13). The molecule has 0 amide bonds. The fourth-order valence-electron chi connectivity index (χ4n) is 1.20. The summed E-state index contributed by atoms with van der Waals surface area (Å²) >= 11 is 0.924. The fourth-order valence-corrected chi connectivity index (χ4v) is 2.12. The number of carboxylic acid groups (broad SMARTS) is 1. The highest BCUT2D eigenvalue weighted by molar-refractivity contribution is 7.21. The minimum absolute atomic E-state index is 0.161. The van der Waals surface area contributed by atoms with E-state index >= 15 is 0 Å². The van der Waals surface area contributed by atoms with E-state index < -0.39 is 11.8 Å². The summed E-state index contributed by atoms with van der Waals surface area (Å²) in [6.45, 7) is 0. The molecule has 5 heteroatoms. The molecule has 0 atom stereocenters. The lowest BCUT2D eigenvalue weighted by atomic mass is 10.2. The van der Waals surface area contributed by atoms with E-state index in [2.05, 4.69) is 0 Å². The summed E-state index contributed by atoms with van der Waals surface area (Å²) in [5.41, 5.74) is 0. The number of aromatic hydroxyl groups is 1. The maximum Gasteiger partial charge on any atom is 0.349 e. The zero-order valence-electron chi connectivity index (χ0n) is 6.82. The Morgan fingerprint density at radius 3 is 2.79 bits per heavy atom. The fraction of sp³-hybridized carbons (Fsp3) is 0. The van der Waals surface area contributed by atoms with Gasteiger partial charge in [-0.2, -0.15) is 0 Å². The van der Waals surface area contributed by atoms with Crippen LogP contribution in [0.5, 0.6) is 5.75 Å². The number of carbonyl (C=O) groups is 1. The van der Waals surface area contributed by atoms with Gasteiger partial charge >= 0.3 is 5.97 Å². The first-order chi connectivity index (χ1) is 6.59. The van der Waals surface area contributed by atoms with E-state index in [1.807, 2.05) is 0 Å². The molecule has 0 unspecified atom stereocenters. The zero-order chi connectivity index (χ0) is 10.3. The Bertz CT molecular complexity index is 518. The van der Waals surface area contributed by atoms with Gasteiger partial charge in [0.15, 0.2) is 4.88 Å². The monoisotopic (exact) mass is 212 g/mol. The number of hydrogen-bond donors (Lipinski definition) is 2. The van der Waals surface area contributed by atoms with E-state index in [1.165, 1.54) is 12.1 Å². The van der Waals surface area contributed by atoms with E-state index in [1.54, 1.807) is 0 Å². The van der Waals surface area contributed by atoms with E-state index in [-0.39, 0.29) is 16.0 Å². The van der Waals surface area contributed by atoms with Crippen molar-refractivity contribution in [1.29, 1.82) is 0 Å². The van der Waals surface area contributed by atoms with Gasteiger partial charge in [-0.15, -0.1) is 11.3 Å². The molecule has 1 aromatic heterocycles. The van der Waals surface area contributed by atoms with Gasteiger partial charge < -0.3 is 10.2 Å². The van der Waals surface area contributed by atoms with E-state index in [0.717, 1.165) is 17.4 Å². The normalized spacial score (nSPS) is 10.6. The van der Waals surface area contributed by atoms with Crippen LogP contribution < -0.4 is 0 Å². The molecule has 14 heavy (non-hydrogen) atoms. The van der Waals surface area contributed by atoms with Gasteiger partial charge in [0, 0.05) is 10.1 Å². The molecule has 3 nitrogen and oxygen atoms in total. The number of fused-ring (bicyclic) bond motifs is 1. The number of hydrogen-bond acceptors (Lipinski definition) is 3. The van der Waals surface area contributed by atoms with Crippen LogP contribution in [-0.4, -0.2) is 16.2 Å². The Morgan fingerprint density at radius 1 is 1.43 bits per heavy atom.